The van der Waals surface area contributed by atoms with E-state index in [0.29, 0.717) is 33.1 Å². The van der Waals surface area contributed by atoms with Crippen molar-refractivity contribution in [3.05, 3.63) is 265 Å². The fraction of sp³-hybridized carbons (Fsp3) is 0. The zero-order chi connectivity index (χ0) is 59.2. The third-order valence-corrected chi connectivity index (χ3v) is 18.4. The Morgan fingerprint density at radius 2 is 0.678 bits per heavy atom. The quantitative estimate of drug-likeness (QED) is 0.116. The zero-order valence-electron chi connectivity index (χ0n) is 45.5. The van der Waals surface area contributed by atoms with Gasteiger partial charge in [0.15, 0.2) is 17.5 Å². The van der Waals surface area contributed by atoms with Gasteiger partial charge in [-0.15, -0.1) is 34.0 Å². The molecule has 0 aliphatic carbocycles. The van der Waals surface area contributed by atoms with Crippen LogP contribution in [0.25, 0.3) is 129 Å². The van der Waals surface area contributed by atoms with E-state index in [0.717, 1.165) is 91.4 Å². The smallest absolute Gasteiger partial charge is 0.423 e. The van der Waals surface area contributed by atoms with E-state index < -0.39 is 7.12 Å². The summed E-state index contributed by atoms with van der Waals surface area (Å²) in [5.41, 5.74) is 12.5. The molecule has 2 N–H and O–H groups in total. The second-order valence-corrected chi connectivity index (χ2v) is 24.0. The number of fused-ring (bicyclic) bond motifs is 9. The lowest BCUT2D eigenvalue weighted by Gasteiger charge is -2.10. The van der Waals surface area contributed by atoms with Crippen molar-refractivity contribution in [2.24, 2.45) is 0 Å². The van der Waals surface area contributed by atoms with Gasteiger partial charge in [-0.2, -0.15) is 0 Å². The van der Waals surface area contributed by atoms with Gasteiger partial charge in [-0.1, -0.05) is 217 Å². The SMILES string of the molecule is Clc1ccc(-c2ncnc3c2sc2ccccc23)cc1.Clc1ncnc2c1sc1ccccc12.OB(O)c1ccc(Cl)cc1.c1ccc(-c2nc(-c3ccccc3)nc(-c3cccc(-c4ccc(-c5ncnc6c5sc5ccccc56)cc4)c3)n2)cc1. The number of thiophene rings is 3. The second-order valence-electron chi connectivity index (χ2n) is 19.6. The fourth-order valence-corrected chi connectivity index (χ4v) is 13.7. The van der Waals surface area contributed by atoms with Gasteiger partial charge in [0.1, 0.15) is 24.1 Å². The van der Waals surface area contributed by atoms with Crippen molar-refractivity contribution in [2.45, 2.75) is 0 Å². The van der Waals surface area contributed by atoms with Crippen molar-refractivity contribution in [1.29, 1.82) is 0 Å². The summed E-state index contributed by atoms with van der Waals surface area (Å²) in [4.78, 5) is 41.0. The average Bonchev–Trinajstić information content (AvgIpc) is 1.96. The molecular weight excluding hydrogens is 1200 g/mol. The summed E-state index contributed by atoms with van der Waals surface area (Å²) in [7, 11) is -1.41. The van der Waals surface area contributed by atoms with Crippen LogP contribution in [0.3, 0.4) is 0 Å². The van der Waals surface area contributed by atoms with Crippen molar-refractivity contribution in [3.63, 3.8) is 0 Å². The van der Waals surface area contributed by atoms with Crippen LogP contribution in [-0.2, 0) is 0 Å². The summed E-state index contributed by atoms with van der Waals surface area (Å²) in [5.74, 6) is 1.94. The molecule has 0 aliphatic rings. The predicted molar refractivity (Wildman–Crippen MR) is 362 cm³/mol. The minimum Gasteiger partial charge on any atom is -0.423 e. The first kappa shape index (κ1) is 56.9. The average molecular weight is 1240 g/mol. The first-order valence-corrected chi connectivity index (χ1v) is 30.8. The van der Waals surface area contributed by atoms with Crippen molar-refractivity contribution in [2.75, 3.05) is 0 Å². The van der Waals surface area contributed by atoms with E-state index in [-0.39, 0.29) is 0 Å². The van der Waals surface area contributed by atoms with Crippen LogP contribution >= 0.6 is 68.8 Å². The van der Waals surface area contributed by atoms with Crippen molar-refractivity contribution < 1.29 is 10.0 Å². The molecule has 0 aliphatic heterocycles. The highest BCUT2D eigenvalue weighted by molar-refractivity contribution is 7.27. The van der Waals surface area contributed by atoms with E-state index in [1.165, 1.54) is 31.2 Å². The minimum atomic E-state index is -1.41. The Kier molecular flexibility index (Phi) is 16.8. The van der Waals surface area contributed by atoms with Crippen molar-refractivity contribution >= 4 is 142 Å². The molecule has 16 rings (SSSR count). The molecule has 0 spiro atoms. The first-order chi connectivity index (χ1) is 42.7. The number of rotatable bonds is 7. The Bertz CT molecular complexity index is 5020. The van der Waals surface area contributed by atoms with Crippen molar-refractivity contribution in [3.8, 4) is 67.8 Å². The van der Waals surface area contributed by atoms with Crippen LogP contribution in [-0.4, -0.2) is 62.0 Å². The number of halogens is 3. The van der Waals surface area contributed by atoms with Crippen LogP contribution in [0.4, 0.5) is 0 Å². The molecule has 16 aromatic rings. The number of nitrogens with zero attached hydrogens (tertiary/aromatic N) is 9. The fourth-order valence-electron chi connectivity index (χ4n) is 9.79. The number of hydrogen-bond donors (Lipinski definition) is 2. The molecule has 0 amide bonds. The maximum absolute atomic E-state index is 8.63. The highest BCUT2D eigenvalue weighted by Gasteiger charge is 2.17. The van der Waals surface area contributed by atoms with Gasteiger partial charge < -0.3 is 10.0 Å². The van der Waals surface area contributed by atoms with E-state index in [1.807, 2.05) is 109 Å². The van der Waals surface area contributed by atoms with E-state index in [9.17, 15) is 0 Å². The van der Waals surface area contributed by atoms with Gasteiger partial charge in [0.05, 0.1) is 42.0 Å². The summed E-state index contributed by atoms with van der Waals surface area (Å²) >= 11 is 22.6. The molecule has 7 aromatic heterocycles. The summed E-state index contributed by atoms with van der Waals surface area (Å²) in [6.07, 6.45) is 4.80. The molecule has 87 heavy (non-hydrogen) atoms. The summed E-state index contributed by atoms with van der Waals surface area (Å²) in [6, 6.07) is 75.9. The molecule has 9 aromatic carbocycles. The van der Waals surface area contributed by atoms with Crippen LogP contribution in [0, 0.1) is 0 Å². The standard InChI is InChI=1S/C37H23N5S.C16H9ClN2S.C10H5ClN2S.C6H6BClO2/c1-3-10-26(11-4-1)35-40-36(27-12-5-2-6-13-27)42-37(41-35)29-15-9-14-28(22-29)24-18-20-25(21-19-24)32-34-33(39-23-38-32)30-16-7-8-17-31(30)43-34;17-11-7-5-10(6-8-11)14-16-15(19-9-18-14)12-3-1-2-4-13(12)20-16;11-10-9-8(12-5-13-10)6-3-1-2-4-7(6)14-9;8-6-3-1-5(2-4-6)7(9)10/h1-23H;1-9H;1-5H;1-4,9-10H. The Morgan fingerprint density at radius 1 is 0.310 bits per heavy atom. The van der Waals surface area contributed by atoms with Gasteiger partial charge in [-0.25, -0.2) is 44.9 Å². The number of hydrogen-bond acceptors (Lipinski definition) is 14. The molecule has 18 heteroatoms. The third kappa shape index (κ3) is 12.4. The monoisotopic (exact) mass is 1240 g/mol. The lowest BCUT2D eigenvalue weighted by atomic mass is 9.81. The zero-order valence-corrected chi connectivity index (χ0v) is 50.2. The van der Waals surface area contributed by atoms with Crippen LogP contribution in [0.15, 0.2) is 250 Å². The Hall–Kier alpha value is -9.26. The van der Waals surface area contributed by atoms with Crippen molar-refractivity contribution in [1.82, 2.24) is 44.9 Å². The maximum atomic E-state index is 8.63. The normalized spacial score (nSPS) is 11.0. The van der Waals surface area contributed by atoms with Gasteiger partial charge in [-0.3, -0.25) is 0 Å². The highest BCUT2D eigenvalue weighted by atomic mass is 35.5. The first-order valence-electron chi connectivity index (χ1n) is 27.2. The molecule has 7 heterocycles. The van der Waals surface area contributed by atoms with Crippen LogP contribution < -0.4 is 5.46 Å². The van der Waals surface area contributed by atoms with Gasteiger partial charge in [-0.05, 0) is 65.1 Å². The lowest BCUT2D eigenvalue weighted by Crippen LogP contribution is -2.29. The Labute approximate surface area is 525 Å². The largest absolute Gasteiger partial charge is 0.488 e. The molecule has 0 unspecified atom stereocenters. The van der Waals surface area contributed by atoms with E-state index in [1.54, 1.807) is 70.9 Å². The molecule has 0 radical (unpaired) electrons. The molecule has 0 bridgehead atoms. The molecule has 0 saturated carbocycles. The summed E-state index contributed by atoms with van der Waals surface area (Å²) < 4.78 is 6.85. The topological polar surface area (TPSA) is 156 Å². The molecule has 0 atom stereocenters. The predicted octanol–water partition coefficient (Wildman–Crippen LogP) is 18.0. The lowest BCUT2D eigenvalue weighted by molar-refractivity contribution is 0.426. The maximum Gasteiger partial charge on any atom is 0.488 e. The molecular formula is C69H43BCl3N9O2S3. The van der Waals surface area contributed by atoms with Crippen LogP contribution in [0.2, 0.25) is 15.2 Å². The molecule has 418 valence electrons. The second kappa shape index (κ2) is 25.8. The van der Waals surface area contributed by atoms with Gasteiger partial charge in [0.2, 0.25) is 0 Å². The molecule has 0 saturated heterocycles. The van der Waals surface area contributed by atoms with Crippen LogP contribution in [0.1, 0.15) is 0 Å². The minimum absolute atomic E-state index is 0.449. The summed E-state index contributed by atoms with van der Waals surface area (Å²) in [6.45, 7) is 0. The van der Waals surface area contributed by atoms with Gasteiger partial charge >= 0.3 is 7.12 Å². The van der Waals surface area contributed by atoms with Gasteiger partial charge in [0.25, 0.3) is 0 Å². The molecule has 11 nitrogen and oxygen atoms in total. The van der Waals surface area contributed by atoms with E-state index in [4.69, 9.17) is 59.8 Å². The molecule has 0 fully saturated rings. The Balaban J connectivity index is 0.000000129. The Morgan fingerprint density at radius 3 is 1.16 bits per heavy atom. The summed E-state index contributed by atoms with van der Waals surface area (Å²) in [5, 5.41) is 22.6. The number of aromatic nitrogens is 9. The van der Waals surface area contributed by atoms with E-state index >= 15 is 0 Å². The number of benzene rings is 9. The third-order valence-electron chi connectivity index (χ3n) is 14.0. The van der Waals surface area contributed by atoms with Gasteiger partial charge in [0, 0.05) is 68.1 Å². The van der Waals surface area contributed by atoms with E-state index in [2.05, 4.69) is 127 Å². The van der Waals surface area contributed by atoms with Crippen LogP contribution in [0.5, 0.6) is 0 Å². The highest BCUT2D eigenvalue weighted by Crippen LogP contribution is 2.40.